The van der Waals surface area contributed by atoms with Crippen LogP contribution in [0.15, 0.2) is 59.8 Å². The van der Waals surface area contributed by atoms with Crippen LogP contribution in [-0.4, -0.2) is 33.2 Å². The summed E-state index contributed by atoms with van der Waals surface area (Å²) >= 11 is 0. The number of nitrogens with one attached hydrogen (secondary N) is 1. The Morgan fingerprint density at radius 3 is 2.50 bits per heavy atom. The molecule has 3 rings (SSSR count). The lowest BCUT2D eigenvalue weighted by atomic mass is 9.99. The van der Waals surface area contributed by atoms with E-state index < -0.39 is 0 Å². The van der Waals surface area contributed by atoms with Crippen LogP contribution in [0.25, 0.3) is 10.8 Å². The van der Waals surface area contributed by atoms with E-state index in [1.165, 1.54) is 0 Å². The fraction of sp³-hybridized carbons (Fsp3) is 0.318. The van der Waals surface area contributed by atoms with Crippen LogP contribution >= 0.6 is 0 Å². The molecule has 0 bridgehead atoms. The number of hydrogen-bond acceptors (Lipinski definition) is 4. The van der Waals surface area contributed by atoms with Gasteiger partial charge in [-0.1, -0.05) is 38.5 Å². The predicted molar refractivity (Wildman–Crippen MR) is 109 cm³/mol. The molecule has 3 aromatic rings. The minimum absolute atomic E-state index is 0.130. The largest absolute Gasteiger partial charge is 0.394 e. The lowest BCUT2D eigenvalue weighted by Gasteiger charge is -2.22. The van der Waals surface area contributed by atoms with Crippen molar-refractivity contribution in [3.8, 4) is 0 Å². The van der Waals surface area contributed by atoms with E-state index >= 15 is 0 Å². The minimum Gasteiger partial charge on any atom is -0.394 e. The van der Waals surface area contributed by atoms with Gasteiger partial charge in [0, 0.05) is 29.4 Å². The number of benzene rings is 1. The first kappa shape index (κ1) is 19.8. The van der Waals surface area contributed by atoms with E-state index in [4.69, 9.17) is 0 Å². The van der Waals surface area contributed by atoms with Gasteiger partial charge in [-0.25, -0.2) is 0 Å². The molecule has 6 nitrogen and oxygen atoms in total. The van der Waals surface area contributed by atoms with Gasteiger partial charge in [0.1, 0.15) is 0 Å². The summed E-state index contributed by atoms with van der Waals surface area (Å²) in [5.74, 6) is -0.151. The molecule has 0 aliphatic heterocycles. The molecule has 1 aromatic carbocycles. The number of aliphatic hydroxyl groups is 1. The fourth-order valence-electron chi connectivity index (χ4n) is 3.22. The van der Waals surface area contributed by atoms with E-state index in [1.54, 1.807) is 41.4 Å². The molecule has 2 N–H and O–H groups in total. The van der Waals surface area contributed by atoms with Crippen molar-refractivity contribution in [1.29, 1.82) is 0 Å². The second kappa shape index (κ2) is 8.80. The molecule has 2 heterocycles. The number of rotatable bonds is 7. The van der Waals surface area contributed by atoms with Crippen LogP contribution in [0.1, 0.15) is 36.2 Å². The van der Waals surface area contributed by atoms with Crippen molar-refractivity contribution in [3.63, 3.8) is 0 Å². The maximum atomic E-state index is 13.0. The van der Waals surface area contributed by atoms with Crippen molar-refractivity contribution in [1.82, 2.24) is 14.9 Å². The number of carbonyl (C=O) groups is 1. The normalized spacial score (nSPS) is 13.2. The van der Waals surface area contributed by atoms with Crippen LogP contribution in [-0.2, 0) is 6.54 Å². The Kier molecular flexibility index (Phi) is 6.21. The van der Waals surface area contributed by atoms with Gasteiger partial charge in [0.15, 0.2) is 0 Å². The maximum Gasteiger partial charge on any atom is 0.258 e. The Bertz CT molecular complexity index is 1010. The first-order valence-electron chi connectivity index (χ1n) is 9.48. The maximum absolute atomic E-state index is 13.0. The summed E-state index contributed by atoms with van der Waals surface area (Å²) < 4.78 is 1.55. The van der Waals surface area contributed by atoms with Crippen molar-refractivity contribution >= 4 is 16.7 Å². The van der Waals surface area contributed by atoms with Crippen LogP contribution in [0.4, 0.5) is 0 Å². The Balaban J connectivity index is 2.04. The zero-order valence-electron chi connectivity index (χ0n) is 16.1. The van der Waals surface area contributed by atoms with Crippen molar-refractivity contribution in [2.75, 3.05) is 6.61 Å². The van der Waals surface area contributed by atoms with E-state index in [9.17, 15) is 14.7 Å². The highest BCUT2D eigenvalue weighted by molar-refractivity contribution is 6.06. The first-order valence-corrected chi connectivity index (χ1v) is 9.48. The Labute approximate surface area is 163 Å². The van der Waals surface area contributed by atoms with Crippen molar-refractivity contribution < 1.29 is 9.90 Å². The zero-order chi connectivity index (χ0) is 20.1. The predicted octanol–water partition coefficient (Wildman–Crippen LogP) is 2.58. The molecule has 146 valence electrons. The molecule has 6 heteroatoms. The molecule has 0 radical (unpaired) electrons. The molecule has 0 aliphatic rings. The van der Waals surface area contributed by atoms with Gasteiger partial charge in [0.05, 0.1) is 24.8 Å². The molecule has 0 unspecified atom stereocenters. The summed E-state index contributed by atoms with van der Waals surface area (Å²) in [6.07, 6.45) is 5.79. The number of nitrogens with zero attached hydrogens (tertiary/aromatic N) is 2. The molecule has 2 aromatic heterocycles. The Morgan fingerprint density at radius 2 is 1.86 bits per heavy atom. The highest BCUT2D eigenvalue weighted by Crippen LogP contribution is 2.17. The molecular weight excluding hydrogens is 354 g/mol. The average molecular weight is 379 g/mol. The van der Waals surface area contributed by atoms with E-state index in [0.29, 0.717) is 22.9 Å². The van der Waals surface area contributed by atoms with Gasteiger partial charge >= 0.3 is 0 Å². The number of fused-ring (bicyclic) bond motifs is 1. The highest BCUT2D eigenvalue weighted by Gasteiger charge is 2.21. The van der Waals surface area contributed by atoms with E-state index in [-0.39, 0.29) is 30.0 Å². The molecule has 0 aliphatic carbocycles. The van der Waals surface area contributed by atoms with Crippen LogP contribution in [0.5, 0.6) is 0 Å². The van der Waals surface area contributed by atoms with Gasteiger partial charge < -0.3 is 15.0 Å². The SMILES string of the molecule is CC[C@@H](C)[C@@H](CO)NC(=O)c1cn(Cc2ccncc2)c(=O)c2ccccc12. The Hall–Kier alpha value is -2.99. The van der Waals surface area contributed by atoms with Crippen LogP contribution < -0.4 is 10.9 Å². The minimum atomic E-state index is -0.336. The summed E-state index contributed by atoms with van der Waals surface area (Å²) in [5.41, 5.74) is 1.20. The Morgan fingerprint density at radius 1 is 1.18 bits per heavy atom. The molecule has 0 saturated heterocycles. The van der Waals surface area contributed by atoms with Crippen molar-refractivity contribution in [2.24, 2.45) is 5.92 Å². The number of hydrogen-bond donors (Lipinski definition) is 2. The second-order valence-corrected chi connectivity index (χ2v) is 7.02. The van der Waals surface area contributed by atoms with Crippen molar-refractivity contribution in [3.05, 3.63) is 76.5 Å². The monoisotopic (exact) mass is 379 g/mol. The van der Waals surface area contributed by atoms with Crippen LogP contribution in [0.2, 0.25) is 0 Å². The van der Waals surface area contributed by atoms with E-state index in [2.05, 4.69) is 10.3 Å². The van der Waals surface area contributed by atoms with Gasteiger partial charge in [-0.3, -0.25) is 14.6 Å². The smallest absolute Gasteiger partial charge is 0.258 e. The first-order chi connectivity index (χ1) is 13.5. The number of aliphatic hydroxyl groups excluding tert-OH is 1. The quantitative estimate of drug-likeness (QED) is 0.661. The zero-order valence-corrected chi connectivity index (χ0v) is 16.1. The van der Waals surface area contributed by atoms with Gasteiger partial charge in [-0.05, 0) is 29.7 Å². The third-order valence-electron chi connectivity index (χ3n) is 5.18. The number of aromatic nitrogens is 2. The molecule has 2 atom stereocenters. The second-order valence-electron chi connectivity index (χ2n) is 7.02. The summed E-state index contributed by atoms with van der Waals surface area (Å²) in [7, 11) is 0. The standard InChI is InChI=1S/C22H25N3O3/c1-3-15(2)20(14-26)24-21(27)19-13-25(12-16-8-10-23-11-9-16)22(28)18-7-5-4-6-17(18)19/h4-11,13,15,20,26H,3,12,14H2,1-2H3,(H,24,27)/t15-,20-/m1/s1. The van der Waals surface area contributed by atoms with Gasteiger partial charge in [0.25, 0.3) is 11.5 Å². The molecule has 0 saturated carbocycles. The molecule has 1 amide bonds. The molecule has 0 fully saturated rings. The fourth-order valence-corrected chi connectivity index (χ4v) is 3.22. The summed E-state index contributed by atoms with van der Waals surface area (Å²) in [6.45, 7) is 4.23. The van der Waals surface area contributed by atoms with E-state index in [1.807, 2.05) is 32.0 Å². The third kappa shape index (κ3) is 4.12. The van der Waals surface area contributed by atoms with Crippen LogP contribution in [0, 0.1) is 5.92 Å². The summed E-state index contributed by atoms with van der Waals surface area (Å²) in [4.78, 5) is 29.9. The summed E-state index contributed by atoms with van der Waals surface area (Å²) in [5, 5.41) is 13.7. The lowest BCUT2D eigenvalue weighted by molar-refractivity contribution is 0.0892. The average Bonchev–Trinajstić information content (AvgIpc) is 2.74. The van der Waals surface area contributed by atoms with Gasteiger partial charge in [-0.2, -0.15) is 0 Å². The number of carbonyl (C=O) groups excluding carboxylic acids is 1. The molecule has 28 heavy (non-hydrogen) atoms. The topological polar surface area (TPSA) is 84.2 Å². The lowest BCUT2D eigenvalue weighted by Crippen LogP contribution is -2.42. The van der Waals surface area contributed by atoms with E-state index in [0.717, 1.165) is 12.0 Å². The molecular formula is C22H25N3O3. The number of amides is 1. The van der Waals surface area contributed by atoms with Crippen LogP contribution in [0.3, 0.4) is 0 Å². The molecule has 0 spiro atoms. The van der Waals surface area contributed by atoms with Gasteiger partial charge in [0.2, 0.25) is 0 Å². The van der Waals surface area contributed by atoms with Crippen molar-refractivity contribution in [2.45, 2.75) is 32.9 Å². The third-order valence-corrected chi connectivity index (χ3v) is 5.18. The highest BCUT2D eigenvalue weighted by atomic mass is 16.3. The van der Waals surface area contributed by atoms with Gasteiger partial charge in [-0.15, -0.1) is 0 Å². The summed E-state index contributed by atoms with van der Waals surface area (Å²) in [6, 6.07) is 10.5. The number of pyridine rings is 2.